The molecular weight excluding hydrogens is 222 g/mol. The van der Waals surface area contributed by atoms with Crippen molar-refractivity contribution in [2.75, 3.05) is 13.1 Å². The molecule has 0 aromatic rings. The van der Waals surface area contributed by atoms with Gasteiger partial charge in [0.1, 0.15) is 0 Å². The lowest BCUT2D eigenvalue weighted by Gasteiger charge is -2.35. The first-order chi connectivity index (χ1) is 5.09. The van der Waals surface area contributed by atoms with E-state index in [0.29, 0.717) is 0 Å². The van der Waals surface area contributed by atoms with Crippen molar-refractivity contribution in [2.24, 2.45) is 5.73 Å². The van der Waals surface area contributed by atoms with Gasteiger partial charge in [-0.3, -0.25) is 5.41 Å². The molecule has 0 spiro atoms. The minimum absolute atomic E-state index is 0. The molecule has 5 heteroatoms. The van der Waals surface area contributed by atoms with E-state index < -0.39 is 0 Å². The lowest BCUT2D eigenvalue weighted by atomic mass is 10.2. The van der Waals surface area contributed by atoms with Gasteiger partial charge < -0.3 is 32.4 Å². The molecule has 4 nitrogen and oxygen atoms in total. The molecule has 0 aromatic carbocycles. The van der Waals surface area contributed by atoms with Gasteiger partial charge in [0, 0.05) is 13.1 Å². The van der Waals surface area contributed by atoms with E-state index in [9.17, 15) is 0 Å². The molecule has 2 unspecified atom stereocenters. The number of morpholine rings is 1. The fourth-order valence-electron chi connectivity index (χ4n) is 1.37. The Morgan fingerprint density at radius 1 is 1.42 bits per heavy atom. The molecule has 0 amide bonds. The van der Waals surface area contributed by atoms with Crippen molar-refractivity contribution >= 4 is 5.96 Å². The molecule has 1 rings (SSSR count). The molecule has 1 fully saturated rings. The Bertz CT molecular complexity index is 155. The van der Waals surface area contributed by atoms with Crippen molar-refractivity contribution in [1.29, 1.82) is 5.41 Å². The summed E-state index contributed by atoms with van der Waals surface area (Å²) in [5, 5.41) is 7.22. The number of nitrogens with zero attached hydrogens (tertiary/aromatic N) is 1. The highest BCUT2D eigenvalue weighted by molar-refractivity contribution is 5.74. The van der Waals surface area contributed by atoms with Crippen LogP contribution in [0.3, 0.4) is 0 Å². The molecule has 1 heterocycles. The first-order valence-electron chi connectivity index (χ1n) is 3.84. The SMILES string of the molecule is CC1CN(C(=N)N)CC(C)O1.[Br-]. The van der Waals surface area contributed by atoms with E-state index in [1.165, 1.54) is 0 Å². The van der Waals surface area contributed by atoms with Crippen LogP contribution < -0.4 is 22.7 Å². The summed E-state index contributed by atoms with van der Waals surface area (Å²) in [5.41, 5.74) is 5.35. The van der Waals surface area contributed by atoms with E-state index in [4.69, 9.17) is 15.9 Å². The van der Waals surface area contributed by atoms with Crippen LogP contribution in [-0.4, -0.2) is 36.2 Å². The maximum Gasteiger partial charge on any atom is 0.188 e. The van der Waals surface area contributed by atoms with Crippen LogP contribution in [0, 0.1) is 5.41 Å². The molecule has 0 aliphatic carbocycles. The predicted molar refractivity (Wildman–Crippen MR) is 43.5 cm³/mol. The van der Waals surface area contributed by atoms with Gasteiger partial charge in [-0.1, -0.05) is 0 Å². The first kappa shape index (κ1) is 11.7. The molecular formula is C7H15BrN3O-. The molecule has 3 N–H and O–H groups in total. The second-order valence-electron chi connectivity index (χ2n) is 3.05. The Kier molecular flexibility index (Phi) is 4.55. The van der Waals surface area contributed by atoms with Crippen molar-refractivity contribution < 1.29 is 21.7 Å². The van der Waals surface area contributed by atoms with Crippen molar-refractivity contribution in [3.8, 4) is 0 Å². The van der Waals surface area contributed by atoms with Gasteiger partial charge in [-0.05, 0) is 13.8 Å². The van der Waals surface area contributed by atoms with Gasteiger partial charge in [-0.2, -0.15) is 0 Å². The molecule has 0 saturated carbocycles. The Morgan fingerprint density at radius 3 is 2.17 bits per heavy atom. The fourth-order valence-corrected chi connectivity index (χ4v) is 1.37. The monoisotopic (exact) mass is 236 g/mol. The number of hydrogen-bond acceptors (Lipinski definition) is 2. The summed E-state index contributed by atoms with van der Waals surface area (Å²) in [6.07, 6.45) is 0.366. The normalized spacial score (nSPS) is 29.3. The Hall–Kier alpha value is -0.290. The van der Waals surface area contributed by atoms with Gasteiger partial charge in [0.05, 0.1) is 12.2 Å². The highest BCUT2D eigenvalue weighted by atomic mass is 79.9. The topological polar surface area (TPSA) is 62.3 Å². The van der Waals surface area contributed by atoms with E-state index in [1.807, 2.05) is 18.7 Å². The summed E-state index contributed by atoms with van der Waals surface area (Å²) in [4.78, 5) is 1.83. The van der Waals surface area contributed by atoms with Crippen LogP contribution in [0.5, 0.6) is 0 Å². The van der Waals surface area contributed by atoms with E-state index in [1.54, 1.807) is 0 Å². The minimum Gasteiger partial charge on any atom is -1.00 e. The smallest absolute Gasteiger partial charge is 0.188 e. The average molecular weight is 237 g/mol. The highest BCUT2D eigenvalue weighted by Crippen LogP contribution is 2.09. The van der Waals surface area contributed by atoms with Crippen molar-refractivity contribution in [2.45, 2.75) is 26.1 Å². The fraction of sp³-hybridized carbons (Fsp3) is 0.857. The number of ether oxygens (including phenoxy) is 1. The molecule has 0 aromatic heterocycles. The average Bonchev–Trinajstić information content (AvgIpc) is 1.85. The van der Waals surface area contributed by atoms with Crippen molar-refractivity contribution in [1.82, 2.24) is 4.90 Å². The quantitative estimate of drug-likeness (QED) is 0.348. The van der Waals surface area contributed by atoms with Crippen LogP contribution >= 0.6 is 0 Å². The molecule has 0 bridgehead atoms. The molecule has 72 valence electrons. The number of rotatable bonds is 0. The van der Waals surface area contributed by atoms with E-state index >= 15 is 0 Å². The third-order valence-corrected chi connectivity index (χ3v) is 1.76. The van der Waals surface area contributed by atoms with Gasteiger partial charge in [0.25, 0.3) is 0 Å². The maximum atomic E-state index is 7.22. The van der Waals surface area contributed by atoms with Crippen LogP contribution in [0.15, 0.2) is 0 Å². The first-order valence-corrected chi connectivity index (χ1v) is 3.84. The predicted octanol–water partition coefficient (Wildman–Crippen LogP) is -3.01. The third-order valence-electron chi connectivity index (χ3n) is 1.76. The third kappa shape index (κ3) is 2.98. The zero-order chi connectivity index (χ0) is 8.43. The number of halogens is 1. The molecule has 0 radical (unpaired) electrons. The summed E-state index contributed by atoms with van der Waals surface area (Å²) >= 11 is 0. The van der Waals surface area contributed by atoms with E-state index in [0.717, 1.165) is 13.1 Å². The zero-order valence-electron chi connectivity index (χ0n) is 7.38. The summed E-state index contributed by atoms with van der Waals surface area (Å²) in [6.45, 7) is 5.45. The number of guanidine groups is 1. The van der Waals surface area contributed by atoms with Gasteiger partial charge in [-0.15, -0.1) is 0 Å². The van der Waals surface area contributed by atoms with Crippen molar-refractivity contribution in [3.05, 3.63) is 0 Å². The Labute approximate surface area is 83.3 Å². The number of nitrogens with two attached hydrogens (primary N) is 1. The molecule has 1 aliphatic heterocycles. The second-order valence-corrected chi connectivity index (χ2v) is 3.05. The lowest BCUT2D eigenvalue weighted by molar-refractivity contribution is -0.0485. The van der Waals surface area contributed by atoms with Gasteiger partial charge in [-0.25, -0.2) is 0 Å². The molecule has 12 heavy (non-hydrogen) atoms. The molecule has 1 saturated heterocycles. The van der Waals surface area contributed by atoms with Crippen LogP contribution in [0.25, 0.3) is 0 Å². The lowest BCUT2D eigenvalue weighted by Crippen LogP contribution is -3.00. The summed E-state index contributed by atoms with van der Waals surface area (Å²) < 4.78 is 5.47. The summed E-state index contributed by atoms with van der Waals surface area (Å²) in [5.74, 6) is 0.145. The standard InChI is InChI=1S/C7H15N3O.BrH/c1-5-3-10(7(8)9)4-6(2)11-5;/h5-6H,3-4H2,1-2H3,(H3,8,9);1H/p-1. The van der Waals surface area contributed by atoms with Crippen molar-refractivity contribution in [3.63, 3.8) is 0 Å². The minimum atomic E-state index is 0. The van der Waals surface area contributed by atoms with Crippen LogP contribution in [0.2, 0.25) is 0 Å². The number of hydrogen-bond donors (Lipinski definition) is 2. The largest absolute Gasteiger partial charge is 1.00 e. The Balaban J connectivity index is 0.00000121. The molecule has 2 atom stereocenters. The zero-order valence-corrected chi connectivity index (χ0v) is 8.97. The van der Waals surface area contributed by atoms with Crippen LogP contribution in [0.1, 0.15) is 13.8 Å². The maximum absolute atomic E-state index is 7.22. The van der Waals surface area contributed by atoms with Gasteiger partial charge in [0.15, 0.2) is 5.96 Å². The van der Waals surface area contributed by atoms with Crippen LogP contribution in [0.4, 0.5) is 0 Å². The highest BCUT2D eigenvalue weighted by Gasteiger charge is 2.22. The second kappa shape index (κ2) is 4.67. The van der Waals surface area contributed by atoms with Gasteiger partial charge >= 0.3 is 0 Å². The Morgan fingerprint density at radius 2 is 1.83 bits per heavy atom. The van der Waals surface area contributed by atoms with Gasteiger partial charge in [0.2, 0.25) is 0 Å². The number of nitrogens with one attached hydrogen (secondary N) is 1. The van der Waals surface area contributed by atoms with Crippen LogP contribution in [-0.2, 0) is 4.74 Å². The molecule has 1 aliphatic rings. The van der Waals surface area contributed by atoms with E-state index in [-0.39, 0.29) is 35.1 Å². The summed E-state index contributed by atoms with van der Waals surface area (Å²) in [7, 11) is 0. The summed E-state index contributed by atoms with van der Waals surface area (Å²) in [6, 6.07) is 0. The van der Waals surface area contributed by atoms with E-state index in [2.05, 4.69) is 0 Å².